The van der Waals surface area contributed by atoms with Gasteiger partial charge in [-0.25, -0.2) is 0 Å². The topological polar surface area (TPSA) is 80.6 Å². The van der Waals surface area contributed by atoms with Gasteiger partial charge in [0.15, 0.2) is 11.5 Å². The summed E-state index contributed by atoms with van der Waals surface area (Å²) in [6, 6.07) is 7.58. The van der Waals surface area contributed by atoms with Gasteiger partial charge in [0, 0.05) is 18.7 Å². The summed E-state index contributed by atoms with van der Waals surface area (Å²) in [4.78, 5) is 12.3. The number of amides is 1. The van der Waals surface area contributed by atoms with Gasteiger partial charge < -0.3 is 19.5 Å². The number of carbonyl (C=O) groups excluding carboxylic acids is 1. The first-order valence-corrected chi connectivity index (χ1v) is 8.69. The minimum atomic E-state index is -0.396. The van der Waals surface area contributed by atoms with Crippen molar-refractivity contribution in [1.29, 1.82) is 5.26 Å². The van der Waals surface area contributed by atoms with Crippen LogP contribution < -0.4 is 14.8 Å². The van der Waals surface area contributed by atoms with Crippen molar-refractivity contribution in [2.24, 2.45) is 0 Å². The number of rotatable bonds is 5. The zero-order valence-electron chi connectivity index (χ0n) is 15.0. The average Bonchev–Trinajstić information content (AvgIpc) is 3.17. The third-order valence-electron chi connectivity index (χ3n) is 4.51. The van der Waals surface area contributed by atoms with E-state index in [1.807, 2.05) is 37.3 Å². The Balaban J connectivity index is 1.78. The Morgan fingerprint density at radius 1 is 1.50 bits per heavy atom. The Morgan fingerprint density at radius 3 is 3.04 bits per heavy atom. The molecule has 0 aromatic heterocycles. The maximum atomic E-state index is 12.3. The second kappa shape index (κ2) is 8.07. The van der Waals surface area contributed by atoms with Gasteiger partial charge in [0.2, 0.25) is 0 Å². The molecule has 2 heterocycles. The summed E-state index contributed by atoms with van der Waals surface area (Å²) in [7, 11) is 1.59. The van der Waals surface area contributed by atoms with Gasteiger partial charge >= 0.3 is 0 Å². The molecule has 2 atom stereocenters. The van der Waals surface area contributed by atoms with E-state index in [1.165, 1.54) is 0 Å². The highest BCUT2D eigenvalue weighted by molar-refractivity contribution is 5.98. The summed E-state index contributed by atoms with van der Waals surface area (Å²) in [5.41, 5.74) is 1.66. The molecule has 26 heavy (non-hydrogen) atoms. The molecule has 0 aliphatic carbocycles. The third kappa shape index (κ3) is 3.89. The van der Waals surface area contributed by atoms with Crippen LogP contribution in [0.25, 0.3) is 6.08 Å². The number of nitriles is 1. The Hall–Kier alpha value is -2.78. The van der Waals surface area contributed by atoms with E-state index >= 15 is 0 Å². The second-order valence-corrected chi connectivity index (χ2v) is 6.30. The lowest BCUT2D eigenvalue weighted by Crippen LogP contribution is -2.32. The van der Waals surface area contributed by atoms with E-state index in [0.29, 0.717) is 18.0 Å². The number of nitrogens with one attached hydrogen (secondary N) is 1. The zero-order chi connectivity index (χ0) is 18.5. The van der Waals surface area contributed by atoms with Crippen molar-refractivity contribution in [2.75, 3.05) is 20.3 Å². The second-order valence-electron chi connectivity index (χ2n) is 6.30. The van der Waals surface area contributed by atoms with Gasteiger partial charge in [-0.1, -0.05) is 12.1 Å². The summed E-state index contributed by atoms with van der Waals surface area (Å²) in [5.74, 6) is 0.928. The molecule has 1 aromatic rings. The van der Waals surface area contributed by atoms with Crippen LogP contribution in [0.2, 0.25) is 0 Å². The van der Waals surface area contributed by atoms with Crippen LogP contribution in [0.3, 0.4) is 0 Å². The van der Waals surface area contributed by atoms with Crippen LogP contribution in [0.5, 0.6) is 11.5 Å². The molecule has 2 aliphatic heterocycles. The van der Waals surface area contributed by atoms with Crippen molar-refractivity contribution < 1.29 is 19.0 Å². The lowest BCUT2D eigenvalue weighted by atomic mass is 10.00. The van der Waals surface area contributed by atoms with Crippen molar-refractivity contribution >= 4 is 12.0 Å². The van der Waals surface area contributed by atoms with Gasteiger partial charge in [0.25, 0.3) is 5.91 Å². The first-order chi connectivity index (χ1) is 12.6. The molecule has 0 bridgehead atoms. The highest BCUT2D eigenvalue weighted by Gasteiger charge is 2.23. The van der Waals surface area contributed by atoms with Crippen molar-refractivity contribution in [2.45, 2.75) is 32.0 Å². The normalized spacial score (nSPS) is 21.9. The van der Waals surface area contributed by atoms with E-state index in [2.05, 4.69) is 5.32 Å². The highest BCUT2D eigenvalue weighted by atomic mass is 16.5. The predicted molar refractivity (Wildman–Crippen MR) is 96.7 cm³/mol. The van der Waals surface area contributed by atoms with E-state index in [1.54, 1.807) is 13.2 Å². The minimum absolute atomic E-state index is 0.0365. The van der Waals surface area contributed by atoms with E-state index in [-0.39, 0.29) is 17.8 Å². The number of benzene rings is 1. The van der Waals surface area contributed by atoms with Crippen LogP contribution in [0, 0.1) is 11.3 Å². The molecule has 0 radical (unpaired) electrons. The largest absolute Gasteiger partial charge is 0.493 e. The molecule has 2 aliphatic rings. The minimum Gasteiger partial charge on any atom is -0.493 e. The standard InChI is InChI=1S/C20H22N2O4/c1-13-15(9-14-5-3-7-18(24-2)19(14)26-13)10-16(11-21)20(23)22-12-17-6-4-8-25-17/h3,5,7,9-10,13,17H,4,6,8,12H2,1-2H3,(H,22,23)/b16-10-. The van der Waals surface area contributed by atoms with Gasteiger partial charge in [-0.3, -0.25) is 4.79 Å². The molecule has 1 N–H and O–H groups in total. The number of ether oxygens (including phenoxy) is 3. The lowest BCUT2D eigenvalue weighted by molar-refractivity contribution is -0.117. The molecular weight excluding hydrogens is 332 g/mol. The summed E-state index contributed by atoms with van der Waals surface area (Å²) in [5, 5.41) is 12.2. The zero-order valence-corrected chi connectivity index (χ0v) is 15.0. The number of hydrogen-bond acceptors (Lipinski definition) is 5. The maximum absolute atomic E-state index is 12.3. The van der Waals surface area contributed by atoms with Crippen LogP contribution in [-0.2, 0) is 9.53 Å². The Kier molecular flexibility index (Phi) is 5.59. The van der Waals surface area contributed by atoms with Gasteiger partial charge in [-0.05, 0) is 43.6 Å². The molecule has 0 spiro atoms. The molecule has 0 saturated carbocycles. The van der Waals surface area contributed by atoms with Crippen molar-refractivity contribution in [3.05, 3.63) is 41.0 Å². The van der Waals surface area contributed by atoms with Gasteiger partial charge in [-0.15, -0.1) is 0 Å². The van der Waals surface area contributed by atoms with Crippen molar-refractivity contribution in [1.82, 2.24) is 5.32 Å². The maximum Gasteiger partial charge on any atom is 0.262 e. The predicted octanol–water partition coefficient (Wildman–Crippen LogP) is 2.60. The van der Waals surface area contributed by atoms with E-state index < -0.39 is 5.91 Å². The average molecular weight is 354 g/mol. The van der Waals surface area contributed by atoms with Crippen LogP contribution in [0.4, 0.5) is 0 Å². The first kappa shape index (κ1) is 18.0. The number of hydrogen-bond donors (Lipinski definition) is 1. The monoisotopic (exact) mass is 354 g/mol. The molecule has 1 saturated heterocycles. The Labute approximate surface area is 153 Å². The fourth-order valence-electron chi connectivity index (χ4n) is 3.06. The number of para-hydroxylation sites is 1. The number of methoxy groups -OCH3 is 1. The van der Waals surface area contributed by atoms with Gasteiger partial charge in [0.05, 0.1) is 13.2 Å². The Bertz CT molecular complexity index is 785. The molecule has 3 rings (SSSR count). The van der Waals surface area contributed by atoms with Crippen LogP contribution >= 0.6 is 0 Å². The van der Waals surface area contributed by atoms with Crippen molar-refractivity contribution in [3.63, 3.8) is 0 Å². The summed E-state index contributed by atoms with van der Waals surface area (Å²) in [6.07, 6.45) is 5.17. The van der Waals surface area contributed by atoms with E-state index in [4.69, 9.17) is 14.2 Å². The fourth-order valence-corrected chi connectivity index (χ4v) is 3.06. The van der Waals surface area contributed by atoms with Gasteiger partial charge in [-0.2, -0.15) is 5.26 Å². The summed E-state index contributed by atoms with van der Waals surface area (Å²) in [6.45, 7) is 3.02. The van der Waals surface area contributed by atoms with Crippen LogP contribution in [-0.4, -0.2) is 38.4 Å². The SMILES string of the molecule is COc1cccc2c1OC(C)C(/C=C(/C#N)C(=O)NCC1CCCO1)=C2. The highest BCUT2D eigenvalue weighted by Crippen LogP contribution is 2.38. The molecule has 2 unspecified atom stereocenters. The third-order valence-corrected chi connectivity index (χ3v) is 4.51. The van der Waals surface area contributed by atoms with Gasteiger partial charge in [0.1, 0.15) is 17.7 Å². The smallest absolute Gasteiger partial charge is 0.262 e. The fraction of sp³-hybridized carbons (Fsp3) is 0.400. The molecule has 136 valence electrons. The molecule has 6 heteroatoms. The molecule has 1 aromatic carbocycles. The number of nitrogens with zero attached hydrogens (tertiary/aromatic N) is 1. The molecule has 1 fully saturated rings. The molecule has 6 nitrogen and oxygen atoms in total. The number of carbonyl (C=O) groups is 1. The first-order valence-electron chi connectivity index (χ1n) is 8.69. The number of fused-ring (bicyclic) bond motifs is 1. The van der Waals surface area contributed by atoms with Crippen molar-refractivity contribution in [3.8, 4) is 17.6 Å². The van der Waals surface area contributed by atoms with Crippen LogP contribution in [0.15, 0.2) is 35.4 Å². The summed E-state index contributed by atoms with van der Waals surface area (Å²) >= 11 is 0. The molecule has 1 amide bonds. The Morgan fingerprint density at radius 2 is 2.35 bits per heavy atom. The summed E-state index contributed by atoms with van der Waals surface area (Å²) < 4.78 is 16.7. The van der Waals surface area contributed by atoms with Crippen LogP contribution in [0.1, 0.15) is 25.3 Å². The lowest BCUT2D eigenvalue weighted by Gasteiger charge is -2.24. The quantitative estimate of drug-likeness (QED) is 0.649. The molecular formula is C20H22N2O4. The van der Waals surface area contributed by atoms with E-state index in [9.17, 15) is 10.1 Å². The van der Waals surface area contributed by atoms with E-state index in [0.717, 1.165) is 30.6 Å².